The van der Waals surface area contributed by atoms with E-state index in [2.05, 4.69) is 5.32 Å². The number of hydrogen-bond donors (Lipinski definition) is 3. The van der Waals surface area contributed by atoms with Gasteiger partial charge in [0.15, 0.2) is 5.78 Å². The van der Waals surface area contributed by atoms with Crippen molar-refractivity contribution in [1.82, 2.24) is 5.32 Å². The first-order valence-corrected chi connectivity index (χ1v) is 19.9. The van der Waals surface area contributed by atoms with Crippen molar-refractivity contribution in [3.63, 3.8) is 0 Å². The minimum absolute atomic E-state index is 0.105. The number of aliphatic hydroxyl groups excluding tert-OH is 2. The van der Waals surface area contributed by atoms with E-state index < -0.39 is 95.0 Å². The average molecular weight is 806 g/mol. The number of Topliss-reactive ketones (excluding diaryl/α,β-unsaturated/α-hetero) is 2. The van der Waals surface area contributed by atoms with Crippen molar-refractivity contribution < 1.29 is 62.7 Å². The van der Waals surface area contributed by atoms with Gasteiger partial charge in [0, 0.05) is 61.8 Å². The highest BCUT2D eigenvalue weighted by atomic mass is 16.7. The van der Waals surface area contributed by atoms with Gasteiger partial charge in [-0.05, 0) is 32.8 Å². The first-order chi connectivity index (χ1) is 27.3. The Kier molecular flexibility index (Phi) is 13.7. The van der Waals surface area contributed by atoms with Gasteiger partial charge in [-0.25, -0.2) is 0 Å². The smallest absolute Gasteiger partial charge is 0.314 e. The van der Waals surface area contributed by atoms with E-state index in [4.69, 9.17) is 23.7 Å². The van der Waals surface area contributed by atoms with Crippen LogP contribution >= 0.6 is 0 Å². The molecule has 0 saturated heterocycles. The maximum Gasteiger partial charge on any atom is 0.314 e. The zero-order valence-corrected chi connectivity index (χ0v) is 34.6. The summed E-state index contributed by atoms with van der Waals surface area (Å²) in [5.74, 6) is -9.72. The molecule has 0 spiro atoms. The summed E-state index contributed by atoms with van der Waals surface area (Å²) in [6, 6.07) is 0. The van der Waals surface area contributed by atoms with Crippen LogP contribution in [0, 0.1) is 36.5 Å². The Hall–Kier alpha value is -4.92. The van der Waals surface area contributed by atoms with Crippen molar-refractivity contribution in [2.24, 2.45) is 29.6 Å². The third kappa shape index (κ3) is 8.74. The van der Waals surface area contributed by atoms with E-state index in [1.807, 2.05) is 0 Å². The molecule has 1 aromatic rings. The number of amides is 1. The minimum atomic E-state index is -2.07. The number of rotatable bonds is 4. The largest absolute Gasteiger partial charge is 0.462 e. The topological polar surface area (TPSA) is 201 Å². The van der Waals surface area contributed by atoms with Crippen LogP contribution in [0.1, 0.15) is 117 Å². The Labute approximate surface area is 338 Å². The molecule has 9 atom stereocenters. The second kappa shape index (κ2) is 17.9. The van der Waals surface area contributed by atoms with Crippen LogP contribution in [-0.2, 0) is 28.6 Å². The van der Waals surface area contributed by atoms with Crippen molar-refractivity contribution in [2.45, 2.75) is 118 Å². The molecule has 5 aliphatic rings. The number of fused-ring (bicyclic) bond motifs is 14. The molecule has 2 aliphatic carbocycles. The lowest BCUT2D eigenvalue weighted by Gasteiger charge is -2.38. The fourth-order valence-corrected chi connectivity index (χ4v) is 8.26. The zero-order valence-electron chi connectivity index (χ0n) is 34.6. The van der Waals surface area contributed by atoms with Gasteiger partial charge in [-0.15, -0.1) is 0 Å². The molecule has 3 N–H and O–H groups in total. The molecule has 0 aromatic heterocycles. The number of hydrogen-bond acceptors (Lipinski definition) is 13. The Balaban J connectivity index is 1.63. The van der Waals surface area contributed by atoms with Crippen molar-refractivity contribution >= 4 is 35.2 Å². The molecule has 1 aromatic carbocycles. The van der Waals surface area contributed by atoms with E-state index in [-0.39, 0.29) is 45.0 Å². The van der Waals surface area contributed by atoms with Crippen LogP contribution < -0.4 is 14.8 Å². The highest BCUT2D eigenvalue weighted by Crippen LogP contribution is 2.48. The quantitative estimate of drug-likeness (QED) is 0.258. The summed E-state index contributed by atoms with van der Waals surface area (Å²) in [7, 11) is 1.43. The number of methoxy groups -OCH3 is 1. The van der Waals surface area contributed by atoms with E-state index in [1.165, 1.54) is 53.2 Å². The fourth-order valence-electron chi connectivity index (χ4n) is 8.26. The zero-order chi connectivity index (χ0) is 42.8. The summed E-state index contributed by atoms with van der Waals surface area (Å²) in [4.78, 5) is 82.0. The van der Waals surface area contributed by atoms with E-state index in [0.29, 0.717) is 12.8 Å². The monoisotopic (exact) mass is 805 g/mol. The third-order valence-electron chi connectivity index (χ3n) is 11.9. The van der Waals surface area contributed by atoms with Crippen molar-refractivity contribution in [3.8, 4) is 11.5 Å². The Morgan fingerprint density at radius 2 is 1.57 bits per heavy atom. The van der Waals surface area contributed by atoms with E-state index in [0.717, 1.165) is 25.3 Å². The first-order valence-electron chi connectivity index (χ1n) is 19.9. The number of carbonyl (C=O) groups excluding carboxylic acids is 6. The van der Waals surface area contributed by atoms with Crippen LogP contribution in [-0.4, -0.2) is 82.7 Å². The number of benzene rings is 1. The van der Waals surface area contributed by atoms with Gasteiger partial charge in [-0.1, -0.05) is 65.2 Å². The molecular weight excluding hydrogens is 750 g/mol. The number of esters is 2. The third-order valence-corrected chi connectivity index (χ3v) is 11.9. The summed E-state index contributed by atoms with van der Waals surface area (Å²) in [5.41, 5.74) is -1.07. The molecule has 14 heteroatoms. The van der Waals surface area contributed by atoms with E-state index >= 15 is 0 Å². The molecule has 3 heterocycles. The van der Waals surface area contributed by atoms with Gasteiger partial charge in [0.2, 0.25) is 5.78 Å². The second-order valence-electron chi connectivity index (χ2n) is 16.1. The number of ketones is 3. The van der Waals surface area contributed by atoms with Gasteiger partial charge >= 0.3 is 17.7 Å². The number of ether oxygens (including phenoxy) is 5. The standard InChI is InChI=1S/C44H55NO13/c1-21-14-13-15-22(2)42(52)45-29-20-30(47)32-33(37(29)50)39(57-43(53)28-16-11-10-12-17-28)26(6)40-34(32)41(51)44(8,58-40)55-19-18-31(54-9)23(3)38(56-27(7)46)25(5)36(49)24(4)35(21)48/h13-15,18-21,23-25,28,31,35-36,38,48-49H,10-12,16-17H2,1-9H3,(H,45,52)/b14-13+,19-18+,22-15-/t21-,23+,24+,25-,31-,35-,36-,38+,44-/m0/s1. The predicted octanol–water partition coefficient (Wildman–Crippen LogP) is 5.41. The van der Waals surface area contributed by atoms with Crippen LogP contribution in [0.15, 0.2) is 47.9 Å². The highest BCUT2D eigenvalue weighted by Gasteiger charge is 2.52. The van der Waals surface area contributed by atoms with Crippen molar-refractivity contribution in [1.29, 1.82) is 0 Å². The lowest BCUT2D eigenvalue weighted by atomic mass is 9.78. The molecule has 0 radical (unpaired) electrons. The molecule has 3 aliphatic heterocycles. The van der Waals surface area contributed by atoms with E-state index in [9.17, 15) is 39.0 Å². The summed E-state index contributed by atoms with van der Waals surface area (Å²) in [6.07, 6.45) is 8.15. The van der Waals surface area contributed by atoms with Crippen LogP contribution in [0.25, 0.3) is 0 Å². The molecule has 0 unspecified atom stereocenters. The molecule has 1 saturated carbocycles. The number of allylic oxidation sites excluding steroid dienone is 4. The highest BCUT2D eigenvalue weighted by molar-refractivity contribution is 6.31. The van der Waals surface area contributed by atoms with Gasteiger partial charge in [-0.2, -0.15) is 0 Å². The lowest BCUT2D eigenvalue weighted by molar-refractivity contribution is -0.160. The summed E-state index contributed by atoms with van der Waals surface area (Å²) < 4.78 is 29.6. The van der Waals surface area contributed by atoms with Gasteiger partial charge in [-0.3, -0.25) is 28.8 Å². The summed E-state index contributed by atoms with van der Waals surface area (Å²) in [6.45, 7) is 12.5. The van der Waals surface area contributed by atoms with E-state index in [1.54, 1.807) is 39.8 Å². The average Bonchev–Trinajstić information content (AvgIpc) is 3.46. The van der Waals surface area contributed by atoms with Crippen molar-refractivity contribution in [2.75, 3.05) is 7.11 Å². The first kappa shape index (κ1) is 44.2. The molecule has 14 nitrogen and oxygen atoms in total. The maximum atomic E-state index is 14.3. The van der Waals surface area contributed by atoms with Crippen LogP contribution in [0.5, 0.6) is 11.5 Å². The number of aliphatic hydroxyl groups is 2. The SMILES string of the molecule is CO[C@H]1/C=C/O[C@@]2(C)Oc3c(C)c(OC(=O)C4CCCCC4)c4c(c3C2=O)C(=O)C=C(NC(=O)/C(C)=C\C=C\[C@H](C)[C@H](O)[C@@H](C)[C@H](O)[C@H](C)[C@H](OC(C)=O)[C@@H]1C)C4=O. The molecular formula is C44H55NO13. The molecule has 6 rings (SSSR count). The maximum absolute atomic E-state index is 14.3. The van der Waals surface area contributed by atoms with Crippen molar-refractivity contribution in [3.05, 3.63) is 70.2 Å². The Bertz CT molecular complexity index is 1970. The Morgan fingerprint density at radius 3 is 2.21 bits per heavy atom. The molecule has 1 amide bonds. The predicted molar refractivity (Wildman–Crippen MR) is 210 cm³/mol. The van der Waals surface area contributed by atoms with Gasteiger partial charge in [0.1, 0.15) is 17.6 Å². The lowest BCUT2D eigenvalue weighted by Crippen LogP contribution is -2.46. The Morgan fingerprint density at radius 1 is 0.897 bits per heavy atom. The van der Waals surface area contributed by atoms with Gasteiger partial charge in [0.05, 0.1) is 52.9 Å². The van der Waals surface area contributed by atoms with Gasteiger partial charge in [0.25, 0.3) is 11.7 Å². The summed E-state index contributed by atoms with van der Waals surface area (Å²) in [5, 5.41) is 25.3. The normalized spacial score (nSPS) is 33.2. The summed E-state index contributed by atoms with van der Waals surface area (Å²) >= 11 is 0. The molecule has 58 heavy (non-hydrogen) atoms. The molecule has 5 bridgehead atoms. The number of nitrogens with one attached hydrogen (secondary N) is 1. The molecule has 1 fully saturated rings. The molecule has 314 valence electrons. The van der Waals surface area contributed by atoms with Gasteiger partial charge < -0.3 is 39.2 Å². The second-order valence-corrected chi connectivity index (χ2v) is 16.1. The van der Waals surface area contributed by atoms with Crippen LogP contribution in [0.3, 0.4) is 0 Å². The number of carbonyl (C=O) groups is 6. The van der Waals surface area contributed by atoms with Crippen LogP contribution in [0.2, 0.25) is 0 Å². The van der Waals surface area contributed by atoms with Crippen LogP contribution in [0.4, 0.5) is 0 Å². The minimum Gasteiger partial charge on any atom is -0.462 e. The fraction of sp³-hybridized carbons (Fsp3) is 0.545.